The molecule has 0 aliphatic rings. The van der Waals surface area contributed by atoms with E-state index in [0.717, 1.165) is 5.39 Å². The number of hydrogen-bond acceptors (Lipinski definition) is 6. The Morgan fingerprint density at radius 2 is 1.81 bits per heavy atom. The molecule has 1 heterocycles. The minimum absolute atomic E-state index is 0.0710. The molecule has 0 radical (unpaired) electrons. The molecule has 0 saturated heterocycles. The van der Waals surface area contributed by atoms with E-state index in [1.165, 1.54) is 23.5 Å². The maximum Gasteiger partial charge on any atom is 0.291 e. The van der Waals surface area contributed by atoms with Gasteiger partial charge in [-0.3, -0.25) is 4.79 Å². The summed E-state index contributed by atoms with van der Waals surface area (Å²) in [6, 6.07) is 11.7. The third kappa shape index (κ3) is 4.64. The first-order valence-corrected chi connectivity index (χ1v) is 11.9. The number of furan rings is 1. The van der Waals surface area contributed by atoms with Crippen LogP contribution >= 0.6 is 0 Å². The average Bonchev–Trinajstić information content (AvgIpc) is 3.15. The van der Waals surface area contributed by atoms with Crippen molar-refractivity contribution in [3.63, 3.8) is 0 Å². The smallest absolute Gasteiger partial charge is 0.291 e. The Kier molecular flexibility index (Phi) is 7.55. The van der Waals surface area contributed by atoms with Gasteiger partial charge in [-0.1, -0.05) is 32.0 Å². The highest BCUT2D eigenvalue weighted by Gasteiger charge is 2.25. The van der Waals surface area contributed by atoms with Gasteiger partial charge in [-0.15, -0.1) is 0 Å². The Balaban J connectivity index is 2.03. The van der Waals surface area contributed by atoms with Crippen LogP contribution in [0.3, 0.4) is 0 Å². The maximum absolute atomic E-state index is 13.2. The number of amides is 1. The van der Waals surface area contributed by atoms with Crippen LogP contribution in [0.2, 0.25) is 0 Å². The monoisotopic (exact) mass is 460 g/mol. The normalized spacial score (nSPS) is 11.8. The second kappa shape index (κ2) is 10.2. The minimum Gasteiger partial charge on any atom is -0.492 e. The molecule has 3 aromatic rings. The van der Waals surface area contributed by atoms with E-state index in [0.29, 0.717) is 36.6 Å². The molecule has 0 aliphatic carbocycles. The summed E-state index contributed by atoms with van der Waals surface area (Å²) in [5.74, 6) is -0.0529. The second-order valence-corrected chi connectivity index (χ2v) is 8.91. The van der Waals surface area contributed by atoms with Crippen molar-refractivity contribution in [2.75, 3.05) is 32.1 Å². The summed E-state index contributed by atoms with van der Waals surface area (Å²) in [5.41, 5.74) is 1.42. The highest BCUT2D eigenvalue weighted by molar-refractivity contribution is 7.89. The largest absolute Gasteiger partial charge is 0.492 e. The molecule has 9 heteroatoms. The number of benzene rings is 2. The summed E-state index contributed by atoms with van der Waals surface area (Å²) in [6.07, 6.45) is 0. The maximum atomic E-state index is 13.2. The van der Waals surface area contributed by atoms with Gasteiger partial charge < -0.3 is 19.2 Å². The Morgan fingerprint density at radius 3 is 2.47 bits per heavy atom. The molecule has 1 aromatic heterocycles. The summed E-state index contributed by atoms with van der Waals surface area (Å²) >= 11 is 0. The van der Waals surface area contributed by atoms with Gasteiger partial charge in [0.2, 0.25) is 10.0 Å². The molecule has 0 aliphatic heterocycles. The minimum atomic E-state index is -3.71. The fourth-order valence-corrected chi connectivity index (χ4v) is 4.99. The number of nitrogens with one attached hydrogen (secondary N) is 1. The summed E-state index contributed by atoms with van der Waals surface area (Å²) in [4.78, 5) is 13.2. The van der Waals surface area contributed by atoms with Gasteiger partial charge in [0.15, 0.2) is 5.76 Å². The molecule has 0 bridgehead atoms. The lowest BCUT2D eigenvalue weighted by Gasteiger charge is -2.20. The fraction of sp³-hybridized carbons (Fsp3) is 0.348. The average molecular weight is 461 g/mol. The predicted octanol–water partition coefficient (Wildman–Crippen LogP) is 4.26. The van der Waals surface area contributed by atoms with E-state index in [1.54, 1.807) is 26.0 Å². The van der Waals surface area contributed by atoms with Gasteiger partial charge in [0.1, 0.15) is 11.3 Å². The Morgan fingerprint density at radius 1 is 1.09 bits per heavy atom. The van der Waals surface area contributed by atoms with Crippen molar-refractivity contribution in [3.8, 4) is 5.75 Å². The molecule has 172 valence electrons. The first-order chi connectivity index (χ1) is 15.4. The lowest BCUT2D eigenvalue weighted by Crippen LogP contribution is -2.30. The van der Waals surface area contributed by atoms with Crippen LogP contribution < -0.4 is 10.1 Å². The van der Waals surface area contributed by atoms with Crippen molar-refractivity contribution in [2.24, 2.45) is 0 Å². The van der Waals surface area contributed by atoms with E-state index in [2.05, 4.69) is 5.32 Å². The SMILES string of the molecule is CCOc1ccc(S(=O)(=O)N(CC)CC)cc1NC(=O)c1oc2ccccc2c1COC. The van der Waals surface area contributed by atoms with Crippen molar-refractivity contribution in [1.82, 2.24) is 4.31 Å². The third-order valence-electron chi connectivity index (χ3n) is 5.04. The van der Waals surface area contributed by atoms with Crippen molar-refractivity contribution in [3.05, 3.63) is 53.8 Å². The highest BCUT2D eigenvalue weighted by atomic mass is 32.2. The molecule has 32 heavy (non-hydrogen) atoms. The number of rotatable bonds is 10. The number of carbonyl (C=O) groups excluding carboxylic acids is 1. The lowest BCUT2D eigenvalue weighted by molar-refractivity contribution is 0.0991. The van der Waals surface area contributed by atoms with Crippen molar-refractivity contribution in [1.29, 1.82) is 0 Å². The number of ether oxygens (including phenoxy) is 2. The molecular formula is C23H28N2O6S. The zero-order chi connectivity index (χ0) is 23.3. The number of anilines is 1. The molecule has 0 saturated carbocycles. The van der Waals surface area contributed by atoms with E-state index in [-0.39, 0.29) is 22.9 Å². The molecule has 0 spiro atoms. The van der Waals surface area contributed by atoms with Gasteiger partial charge in [0, 0.05) is 31.1 Å². The first kappa shape index (κ1) is 23.8. The van der Waals surface area contributed by atoms with Crippen LogP contribution in [0.5, 0.6) is 5.75 Å². The van der Waals surface area contributed by atoms with E-state index in [1.807, 2.05) is 25.1 Å². The number of sulfonamides is 1. The van der Waals surface area contributed by atoms with E-state index < -0.39 is 15.9 Å². The summed E-state index contributed by atoms with van der Waals surface area (Å²) < 4.78 is 44.0. The summed E-state index contributed by atoms with van der Waals surface area (Å²) in [7, 11) is -2.17. The molecule has 0 fully saturated rings. The summed E-state index contributed by atoms with van der Waals surface area (Å²) in [5, 5.41) is 3.54. The highest BCUT2D eigenvalue weighted by Crippen LogP contribution is 2.32. The summed E-state index contributed by atoms with van der Waals surface area (Å²) in [6.45, 7) is 6.58. The van der Waals surface area contributed by atoms with Crippen LogP contribution in [0.15, 0.2) is 51.8 Å². The molecular weight excluding hydrogens is 432 g/mol. The Bertz CT molecular complexity index is 1200. The number of carbonyl (C=O) groups is 1. The molecule has 2 aromatic carbocycles. The van der Waals surface area contributed by atoms with E-state index in [9.17, 15) is 13.2 Å². The predicted molar refractivity (Wildman–Crippen MR) is 123 cm³/mol. The van der Waals surface area contributed by atoms with Crippen molar-refractivity contribution in [2.45, 2.75) is 32.3 Å². The van der Waals surface area contributed by atoms with E-state index >= 15 is 0 Å². The second-order valence-electron chi connectivity index (χ2n) is 6.97. The van der Waals surface area contributed by atoms with Crippen LogP contribution in [0.1, 0.15) is 36.9 Å². The van der Waals surface area contributed by atoms with Crippen molar-refractivity contribution >= 4 is 32.6 Å². The lowest BCUT2D eigenvalue weighted by atomic mass is 10.1. The molecule has 0 atom stereocenters. The quantitative estimate of drug-likeness (QED) is 0.485. The molecule has 8 nitrogen and oxygen atoms in total. The van der Waals surface area contributed by atoms with Gasteiger partial charge in [-0.25, -0.2) is 8.42 Å². The van der Waals surface area contributed by atoms with Crippen LogP contribution in [0.25, 0.3) is 11.0 Å². The van der Waals surface area contributed by atoms with Crippen LogP contribution in [0.4, 0.5) is 5.69 Å². The standard InChI is InChI=1S/C23H28N2O6S/c1-5-25(6-2)32(27,28)16-12-13-21(30-7-3)19(14-16)24-23(26)22-18(15-29-4)17-10-8-9-11-20(17)31-22/h8-14H,5-7,15H2,1-4H3,(H,24,26). The third-order valence-corrected chi connectivity index (χ3v) is 7.08. The topological polar surface area (TPSA) is 98.1 Å². The molecule has 1 amide bonds. The zero-order valence-electron chi connectivity index (χ0n) is 18.7. The number of hydrogen-bond donors (Lipinski definition) is 1. The molecule has 3 rings (SSSR count). The number of para-hydroxylation sites is 1. The van der Waals surface area contributed by atoms with E-state index in [4.69, 9.17) is 13.9 Å². The number of methoxy groups -OCH3 is 1. The Labute approximate surface area is 188 Å². The number of fused-ring (bicyclic) bond motifs is 1. The fourth-order valence-electron chi connectivity index (χ4n) is 3.51. The first-order valence-electron chi connectivity index (χ1n) is 10.4. The molecule has 0 unspecified atom stereocenters. The van der Waals surface area contributed by atoms with Gasteiger partial charge in [-0.05, 0) is 31.2 Å². The van der Waals surface area contributed by atoms with Crippen LogP contribution in [0, 0.1) is 0 Å². The van der Waals surface area contributed by atoms with Gasteiger partial charge >= 0.3 is 0 Å². The van der Waals surface area contributed by atoms with Gasteiger partial charge in [0.25, 0.3) is 5.91 Å². The number of nitrogens with zero attached hydrogens (tertiary/aromatic N) is 1. The molecule has 1 N–H and O–H groups in total. The zero-order valence-corrected chi connectivity index (χ0v) is 19.5. The van der Waals surface area contributed by atoms with Gasteiger partial charge in [0.05, 0.1) is 23.8 Å². The van der Waals surface area contributed by atoms with Crippen LogP contribution in [-0.2, 0) is 21.4 Å². The Hall–Kier alpha value is -2.88. The van der Waals surface area contributed by atoms with Crippen LogP contribution in [-0.4, -0.2) is 45.4 Å². The van der Waals surface area contributed by atoms with Crippen molar-refractivity contribution < 1.29 is 27.1 Å². The van der Waals surface area contributed by atoms with Gasteiger partial charge in [-0.2, -0.15) is 4.31 Å².